The van der Waals surface area contributed by atoms with Gasteiger partial charge in [0.15, 0.2) is 5.13 Å². The molecule has 0 radical (unpaired) electrons. The van der Waals surface area contributed by atoms with Crippen molar-refractivity contribution in [2.45, 2.75) is 25.3 Å². The molecule has 0 spiro atoms. The second-order valence-electron chi connectivity index (χ2n) is 7.53. The van der Waals surface area contributed by atoms with Gasteiger partial charge in [-0.1, -0.05) is 11.3 Å². The number of hydrogen-bond donors (Lipinski definition) is 1. The molecule has 9 heteroatoms. The Bertz CT molecular complexity index is 1050. The Morgan fingerprint density at radius 3 is 2.87 bits per heavy atom. The number of nitrogens with one attached hydrogen (secondary N) is 1. The summed E-state index contributed by atoms with van der Waals surface area (Å²) in [5.74, 6) is 0.628. The highest BCUT2D eigenvalue weighted by molar-refractivity contribution is 7.22. The standard InChI is InChI=1S/C21H25N5O3S/c1-26(2)12-15-10-14(4-7-22-15)19(27)25-21-24-17-18(30-21)16(11-23-20(17)28-3)13-5-8-29-9-6-13/h4,7,10-11,13H,5-6,8-9,12H2,1-3H3,(H,24,25,27). The van der Waals surface area contributed by atoms with E-state index in [1.807, 2.05) is 25.2 Å². The molecule has 4 heterocycles. The summed E-state index contributed by atoms with van der Waals surface area (Å²) in [4.78, 5) is 28.2. The third kappa shape index (κ3) is 4.43. The first kappa shape index (κ1) is 20.6. The lowest BCUT2D eigenvalue weighted by Gasteiger charge is -2.22. The van der Waals surface area contributed by atoms with Gasteiger partial charge in [0.1, 0.15) is 5.52 Å². The van der Waals surface area contributed by atoms with Gasteiger partial charge in [-0.3, -0.25) is 15.1 Å². The summed E-state index contributed by atoms with van der Waals surface area (Å²) >= 11 is 1.46. The number of nitrogens with zero attached hydrogens (tertiary/aromatic N) is 4. The lowest BCUT2D eigenvalue weighted by Crippen LogP contribution is -2.15. The van der Waals surface area contributed by atoms with Crippen molar-refractivity contribution in [2.24, 2.45) is 0 Å². The van der Waals surface area contributed by atoms with E-state index in [0.29, 0.717) is 34.6 Å². The average Bonchev–Trinajstić information content (AvgIpc) is 3.17. The zero-order valence-corrected chi connectivity index (χ0v) is 18.2. The number of rotatable bonds is 6. The summed E-state index contributed by atoms with van der Waals surface area (Å²) in [6, 6.07) is 3.51. The highest BCUT2D eigenvalue weighted by atomic mass is 32.1. The van der Waals surface area contributed by atoms with Crippen molar-refractivity contribution in [1.82, 2.24) is 19.9 Å². The summed E-state index contributed by atoms with van der Waals surface area (Å²) < 4.78 is 11.9. The molecular formula is C21H25N5O3S. The molecule has 0 unspecified atom stereocenters. The van der Waals surface area contributed by atoms with Crippen molar-refractivity contribution in [2.75, 3.05) is 39.7 Å². The molecule has 1 aliphatic heterocycles. The summed E-state index contributed by atoms with van der Waals surface area (Å²) in [6.07, 6.45) is 5.43. The maximum Gasteiger partial charge on any atom is 0.257 e. The monoisotopic (exact) mass is 427 g/mol. The van der Waals surface area contributed by atoms with E-state index in [1.165, 1.54) is 11.3 Å². The van der Waals surface area contributed by atoms with Gasteiger partial charge in [0.25, 0.3) is 5.91 Å². The number of aromatic nitrogens is 3. The van der Waals surface area contributed by atoms with Gasteiger partial charge in [-0.15, -0.1) is 0 Å². The van der Waals surface area contributed by atoms with Crippen LogP contribution in [-0.4, -0.2) is 60.2 Å². The van der Waals surface area contributed by atoms with Crippen LogP contribution in [-0.2, 0) is 11.3 Å². The van der Waals surface area contributed by atoms with E-state index in [2.05, 4.69) is 20.3 Å². The zero-order chi connectivity index (χ0) is 21.1. The molecule has 3 aromatic heterocycles. The maximum absolute atomic E-state index is 12.8. The largest absolute Gasteiger partial charge is 0.479 e. The highest BCUT2D eigenvalue weighted by Gasteiger charge is 2.23. The van der Waals surface area contributed by atoms with Crippen LogP contribution in [0.25, 0.3) is 10.2 Å². The number of methoxy groups -OCH3 is 1. The first-order valence-corrected chi connectivity index (χ1v) is 10.7. The normalized spacial score (nSPS) is 14.9. The van der Waals surface area contributed by atoms with E-state index in [-0.39, 0.29) is 5.91 Å². The van der Waals surface area contributed by atoms with E-state index < -0.39 is 0 Å². The van der Waals surface area contributed by atoms with Crippen LogP contribution in [0.3, 0.4) is 0 Å². The molecule has 0 saturated carbocycles. The van der Waals surface area contributed by atoms with Crippen LogP contribution in [0, 0.1) is 0 Å². The molecule has 0 aromatic carbocycles. The smallest absolute Gasteiger partial charge is 0.257 e. The predicted octanol–water partition coefficient (Wildman–Crippen LogP) is 3.30. The van der Waals surface area contributed by atoms with Crippen molar-refractivity contribution in [3.63, 3.8) is 0 Å². The van der Waals surface area contributed by atoms with E-state index >= 15 is 0 Å². The minimum atomic E-state index is -0.212. The lowest BCUT2D eigenvalue weighted by atomic mass is 9.93. The predicted molar refractivity (Wildman–Crippen MR) is 116 cm³/mol. The second kappa shape index (κ2) is 9.03. The number of carbonyl (C=O) groups is 1. The van der Waals surface area contributed by atoms with Crippen LogP contribution in [0.1, 0.15) is 40.4 Å². The van der Waals surface area contributed by atoms with Crippen molar-refractivity contribution >= 4 is 32.6 Å². The summed E-state index contributed by atoms with van der Waals surface area (Å²) in [5.41, 5.74) is 3.22. The molecule has 30 heavy (non-hydrogen) atoms. The summed E-state index contributed by atoms with van der Waals surface area (Å²) in [5, 5.41) is 3.46. The third-order valence-electron chi connectivity index (χ3n) is 5.04. The van der Waals surface area contributed by atoms with Gasteiger partial charge in [0, 0.05) is 37.7 Å². The van der Waals surface area contributed by atoms with Crippen LogP contribution in [0.4, 0.5) is 5.13 Å². The van der Waals surface area contributed by atoms with Gasteiger partial charge < -0.3 is 14.4 Å². The van der Waals surface area contributed by atoms with E-state index in [1.54, 1.807) is 25.4 Å². The quantitative estimate of drug-likeness (QED) is 0.645. The third-order valence-corrected chi connectivity index (χ3v) is 6.06. The number of carbonyl (C=O) groups excluding carboxylic acids is 1. The minimum absolute atomic E-state index is 0.212. The molecule has 0 bridgehead atoms. The summed E-state index contributed by atoms with van der Waals surface area (Å²) in [7, 11) is 5.51. The van der Waals surface area contributed by atoms with Gasteiger partial charge in [-0.2, -0.15) is 0 Å². The molecule has 3 aromatic rings. The Balaban J connectivity index is 1.62. The fourth-order valence-electron chi connectivity index (χ4n) is 3.61. The van der Waals surface area contributed by atoms with Gasteiger partial charge in [0.05, 0.1) is 17.5 Å². The molecule has 1 saturated heterocycles. The van der Waals surface area contributed by atoms with Gasteiger partial charge >= 0.3 is 0 Å². The first-order valence-electron chi connectivity index (χ1n) is 9.87. The Morgan fingerprint density at radius 2 is 2.13 bits per heavy atom. The van der Waals surface area contributed by atoms with E-state index in [9.17, 15) is 4.79 Å². The van der Waals surface area contributed by atoms with Gasteiger partial charge in [0.2, 0.25) is 5.88 Å². The first-order chi connectivity index (χ1) is 14.5. The second-order valence-corrected chi connectivity index (χ2v) is 8.53. The molecule has 8 nitrogen and oxygen atoms in total. The molecule has 0 atom stereocenters. The topological polar surface area (TPSA) is 89.5 Å². The van der Waals surface area contributed by atoms with E-state index in [0.717, 1.165) is 42.0 Å². The number of thiazole rings is 1. The summed E-state index contributed by atoms with van der Waals surface area (Å²) in [6.45, 7) is 2.16. The molecule has 1 N–H and O–H groups in total. The van der Waals surface area contributed by atoms with Crippen LogP contribution in [0.2, 0.25) is 0 Å². The Labute approximate surface area is 179 Å². The average molecular weight is 428 g/mol. The highest BCUT2D eigenvalue weighted by Crippen LogP contribution is 2.39. The molecule has 1 aliphatic rings. The van der Waals surface area contributed by atoms with Crippen LogP contribution >= 0.6 is 11.3 Å². The number of fused-ring (bicyclic) bond motifs is 1. The number of pyridine rings is 2. The van der Waals surface area contributed by atoms with Crippen molar-refractivity contribution in [3.8, 4) is 5.88 Å². The Kier molecular flexibility index (Phi) is 6.21. The Morgan fingerprint density at radius 1 is 1.33 bits per heavy atom. The van der Waals surface area contributed by atoms with Crippen molar-refractivity contribution < 1.29 is 14.3 Å². The van der Waals surface area contributed by atoms with Crippen LogP contribution in [0.5, 0.6) is 5.88 Å². The Hall–Kier alpha value is -2.62. The van der Waals surface area contributed by atoms with Gasteiger partial charge in [-0.05, 0) is 50.6 Å². The maximum atomic E-state index is 12.8. The molecule has 1 fully saturated rings. The fourth-order valence-corrected chi connectivity index (χ4v) is 4.65. The fraction of sp³-hybridized carbons (Fsp3) is 0.429. The number of anilines is 1. The molecule has 1 amide bonds. The molecule has 158 valence electrons. The van der Waals surface area contributed by atoms with Crippen LogP contribution in [0.15, 0.2) is 24.5 Å². The minimum Gasteiger partial charge on any atom is -0.479 e. The van der Waals surface area contributed by atoms with E-state index in [4.69, 9.17) is 9.47 Å². The number of hydrogen-bond acceptors (Lipinski definition) is 8. The molecule has 4 rings (SSSR count). The molecule has 0 aliphatic carbocycles. The molecular weight excluding hydrogens is 402 g/mol. The van der Waals surface area contributed by atoms with Gasteiger partial charge in [-0.25, -0.2) is 9.97 Å². The van der Waals surface area contributed by atoms with Crippen molar-refractivity contribution in [3.05, 3.63) is 41.3 Å². The lowest BCUT2D eigenvalue weighted by molar-refractivity contribution is 0.0855. The van der Waals surface area contributed by atoms with Crippen LogP contribution < -0.4 is 10.1 Å². The number of ether oxygens (including phenoxy) is 2. The van der Waals surface area contributed by atoms with Crippen molar-refractivity contribution in [1.29, 1.82) is 0 Å². The number of amides is 1. The zero-order valence-electron chi connectivity index (χ0n) is 17.3. The SMILES string of the molecule is COc1ncc(C2CCOCC2)c2sc(NC(=O)c3ccnc(CN(C)C)c3)nc12.